The van der Waals surface area contributed by atoms with Gasteiger partial charge in [-0.05, 0) is 38.2 Å². The minimum Gasteiger partial charge on any atom is -0.452 e. The van der Waals surface area contributed by atoms with Gasteiger partial charge < -0.3 is 9.47 Å². The highest BCUT2D eigenvalue weighted by atomic mass is 16.6. The summed E-state index contributed by atoms with van der Waals surface area (Å²) in [7, 11) is 0. The van der Waals surface area contributed by atoms with Crippen LogP contribution in [0.2, 0.25) is 0 Å². The van der Waals surface area contributed by atoms with E-state index in [4.69, 9.17) is 9.47 Å². The van der Waals surface area contributed by atoms with Crippen molar-refractivity contribution in [3.8, 4) is 0 Å². The Morgan fingerprint density at radius 3 is 2.26 bits per heavy atom. The van der Waals surface area contributed by atoms with E-state index in [0.717, 1.165) is 44.1 Å². The quantitative estimate of drug-likeness (QED) is 0.470. The van der Waals surface area contributed by atoms with Crippen molar-refractivity contribution in [2.24, 2.45) is 0 Å². The van der Waals surface area contributed by atoms with E-state index < -0.39 is 17.5 Å². The average Bonchev–Trinajstić information content (AvgIpc) is 2.80. The van der Waals surface area contributed by atoms with Gasteiger partial charge in [0.05, 0.1) is 0 Å². The minimum absolute atomic E-state index is 0.269. The summed E-state index contributed by atoms with van der Waals surface area (Å²) < 4.78 is 10.7. The maximum atomic E-state index is 12.2. The summed E-state index contributed by atoms with van der Waals surface area (Å²) in [5.41, 5.74) is 0.677. The van der Waals surface area contributed by atoms with Crippen LogP contribution in [-0.2, 0) is 24.7 Å². The number of carbonyl (C=O) groups is 2. The molecule has 4 nitrogen and oxygen atoms in total. The van der Waals surface area contributed by atoms with E-state index in [1.54, 1.807) is 6.92 Å². The normalized spacial score (nSPS) is 16.9. The summed E-state index contributed by atoms with van der Waals surface area (Å²) in [6, 6.07) is 9.86. The topological polar surface area (TPSA) is 52.6 Å². The van der Waals surface area contributed by atoms with Crippen molar-refractivity contribution in [3.05, 3.63) is 48.0 Å². The zero-order valence-electron chi connectivity index (χ0n) is 13.7. The molecule has 0 heterocycles. The van der Waals surface area contributed by atoms with E-state index in [9.17, 15) is 9.59 Å². The molecule has 1 aromatic carbocycles. The van der Waals surface area contributed by atoms with Crippen LogP contribution in [0.3, 0.4) is 0 Å². The molecule has 1 aliphatic rings. The van der Waals surface area contributed by atoms with Gasteiger partial charge in [0, 0.05) is 5.57 Å². The number of carbonyl (C=O) groups excluding carboxylic acids is 2. The Hall–Kier alpha value is -2.10. The number of hydrogen-bond donors (Lipinski definition) is 0. The third-order valence-electron chi connectivity index (χ3n) is 4.19. The van der Waals surface area contributed by atoms with Gasteiger partial charge in [-0.25, -0.2) is 9.59 Å². The lowest BCUT2D eigenvalue weighted by atomic mass is 9.86. The fourth-order valence-corrected chi connectivity index (χ4v) is 2.99. The van der Waals surface area contributed by atoms with Crippen LogP contribution in [-0.4, -0.2) is 18.5 Å². The third-order valence-corrected chi connectivity index (χ3v) is 4.19. The first-order valence-electron chi connectivity index (χ1n) is 8.13. The first kappa shape index (κ1) is 17.3. The molecule has 1 aromatic rings. The lowest BCUT2D eigenvalue weighted by Crippen LogP contribution is -2.34. The first-order valence-corrected chi connectivity index (χ1v) is 8.13. The average molecular weight is 316 g/mol. The Bertz CT molecular complexity index is 554. The molecule has 0 aromatic heterocycles. The zero-order valence-corrected chi connectivity index (χ0v) is 13.7. The smallest absolute Gasteiger partial charge is 0.345 e. The minimum atomic E-state index is -0.607. The molecule has 0 bridgehead atoms. The summed E-state index contributed by atoms with van der Waals surface area (Å²) in [5.74, 6) is -1.08. The lowest BCUT2D eigenvalue weighted by Gasteiger charge is -2.33. The molecule has 0 aliphatic heterocycles. The van der Waals surface area contributed by atoms with Crippen molar-refractivity contribution in [2.75, 3.05) is 6.61 Å². The molecule has 0 spiro atoms. The van der Waals surface area contributed by atoms with Gasteiger partial charge in [0.2, 0.25) is 0 Å². The monoisotopic (exact) mass is 316 g/mol. The van der Waals surface area contributed by atoms with Crippen LogP contribution in [0.25, 0.3) is 0 Å². The fourth-order valence-electron chi connectivity index (χ4n) is 2.99. The van der Waals surface area contributed by atoms with Gasteiger partial charge in [-0.2, -0.15) is 0 Å². The molecule has 1 aliphatic carbocycles. The molecule has 4 heteroatoms. The largest absolute Gasteiger partial charge is 0.452 e. The second kappa shape index (κ2) is 7.95. The van der Waals surface area contributed by atoms with Crippen LogP contribution < -0.4 is 0 Å². The van der Waals surface area contributed by atoms with Gasteiger partial charge in [0.25, 0.3) is 0 Å². The van der Waals surface area contributed by atoms with Crippen LogP contribution in [0, 0.1) is 0 Å². The summed E-state index contributed by atoms with van der Waals surface area (Å²) in [5, 5.41) is 0. The van der Waals surface area contributed by atoms with Crippen molar-refractivity contribution < 1.29 is 19.1 Å². The molecular weight excluding hydrogens is 292 g/mol. The Labute approximate surface area is 137 Å². The maximum absolute atomic E-state index is 12.2. The molecule has 23 heavy (non-hydrogen) atoms. The number of benzene rings is 1. The third kappa shape index (κ3) is 4.68. The highest BCUT2D eigenvalue weighted by molar-refractivity contribution is 5.88. The predicted octanol–water partition coefficient (Wildman–Crippen LogP) is 3.90. The maximum Gasteiger partial charge on any atom is 0.345 e. The van der Waals surface area contributed by atoms with E-state index in [1.807, 2.05) is 30.3 Å². The van der Waals surface area contributed by atoms with Gasteiger partial charge in [-0.3, -0.25) is 0 Å². The van der Waals surface area contributed by atoms with Crippen molar-refractivity contribution in [3.63, 3.8) is 0 Å². The standard InChI is InChI=1S/C19H24O4/c1-15(2)18(21)22-14-17(20)23-19(12-8-3-4-9-13-19)16-10-6-5-7-11-16/h5-7,10-11H,1,3-4,8-9,12-14H2,2H3. The van der Waals surface area contributed by atoms with E-state index in [1.165, 1.54) is 0 Å². The zero-order chi connectivity index (χ0) is 16.7. The van der Waals surface area contributed by atoms with Crippen LogP contribution in [0.1, 0.15) is 51.0 Å². The summed E-state index contributed by atoms with van der Waals surface area (Å²) >= 11 is 0. The fraction of sp³-hybridized carbons (Fsp3) is 0.474. The van der Waals surface area contributed by atoms with Crippen LogP contribution >= 0.6 is 0 Å². The molecular formula is C19H24O4. The molecule has 1 saturated carbocycles. The van der Waals surface area contributed by atoms with Crippen LogP contribution in [0.4, 0.5) is 0 Å². The van der Waals surface area contributed by atoms with Crippen LogP contribution in [0.5, 0.6) is 0 Å². The predicted molar refractivity (Wildman–Crippen MR) is 87.7 cm³/mol. The summed E-state index contributed by atoms with van der Waals surface area (Å²) in [4.78, 5) is 23.6. The van der Waals surface area contributed by atoms with Gasteiger partial charge >= 0.3 is 11.9 Å². The number of esters is 2. The number of rotatable bonds is 5. The van der Waals surface area contributed by atoms with E-state index in [-0.39, 0.29) is 12.2 Å². The van der Waals surface area contributed by atoms with Gasteiger partial charge in [0.15, 0.2) is 6.61 Å². The van der Waals surface area contributed by atoms with Crippen molar-refractivity contribution in [1.82, 2.24) is 0 Å². The highest BCUT2D eigenvalue weighted by Gasteiger charge is 2.36. The highest BCUT2D eigenvalue weighted by Crippen LogP contribution is 2.39. The molecule has 0 saturated heterocycles. The number of ether oxygens (including phenoxy) is 2. The molecule has 0 radical (unpaired) electrons. The molecule has 1 fully saturated rings. The van der Waals surface area contributed by atoms with E-state index >= 15 is 0 Å². The van der Waals surface area contributed by atoms with Gasteiger partial charge in [-0.1, -0.05) is 49.8 Å². The second-order valence-corrected chi connectivity index (χ2v) is 6.11. The molecule has 124 valence electrons. The van der Waals surface area contributed by atoms with Crippen LogP contribution in [0.15, 0.2) is 42.5 Å². The molecule has 0 unspecified atom stereocenters. The van der Waals surface area contributed by atoms with Crippen molar-refractivity contribution in [1.29, 1.82) is 0 Å². The summed E-state index contributed by atoms with van der Waals surface area (Å²) in [6.07, 6.45) is 5.95. The van der Waals surface area contributed by atoms with E-state index in [2.05, 4.69) is 6.58 Å². The van der Waals surface area contributed by atoms with Crippen molar-refractivity contribution >= 4 is 11.9 Å². The lowest BCUT2D eigenvalue weighted by molar-refractivity contribution is -0.171. The molecule has 0 amide bonds. The second-order valence-electron chi connectivity index (χ2n) is 6.11. The number of hydrogen-bond acceptors (Lipinski definition) is 4. The van der Waals surface area contributed by atoms with Gasteiger partial charge in [-0.15, -0.1) is 0 Å². The van der Waals surface area contributed by atoms with E-state index in [0.29, 0.717) is 0 Å². The Balaban J connectivity index is 2.10. The van der Waals surface area contributed by atoms with Crippen molar-refractivity contribution in [2.45, 2.75) is 51.0 Å². The first-order chi connectivity index (χ1) is 11.0. The Morgan fingerprint density at radius 1 is 1.09 bits per heavy atom. The molecule has 2 rings (SSSR count). The Morgan fingerprint density at radius 2 is 1.70 bits per heavy atom. The Kier molecular flexibility index (Phi) is 5.97. The SMILES string of the molecule is C=C(C)C(=O)OCC(=O)OC1(c2ccccc2)CCCCCC1. The summed E-state index contributed by atoms with van der Waals surface area (Å²) in [6.45, 7) is 4.67. The molecule has 0 atom stereocenters. The molecule has 0 N–H and O–H groups in total. The van der Waals surface area contributed by atoms with Gasteiger partial charge in [0.1, 0.15) is 5.60 Å².